The molecule has 3 atom stereocenters. The first kappa shape index (κ1) is 5.69. The summed E-state index contributed by atoms with van der Waals surface area (Å²) in [5.74, 6) is 1.58. The Balaban J connectivity index is 2.02. The lowest BCUT2D eigenvalue weighted by molar-refractivity contribution is 0.173. The van der Waals surface area contributed by atoms with E-state index in [9.17, 15) is 5.11 Å². The summed E-state index contributed by atoms with van der Waals surface area (Å²) >= 11 is 0. The van der Waals surface area contributed by atoms with Crippen LogP contribution in [0.3, 0.4) is 0 Å². The number of rotatable bonds is 0. The zero-order valence-corrected chi connectivity index (χ0v) is 5.51. The van der Waals surface area contributed by atoms with Gasteiger partial charge in [-0.1, -0.05) is 0 Å². The summed E-state index contributed by atoms with van der Waals surface area (Å²) in [6, 6.07) is 0. The maximum Gasteiger partial charge on any atom is 0.0546 e. The highest BCUT2D eigenvalue weighted by Crippen LogP contribution is 2.33. The van der Waals surface area contributed by atoms with Crippen LogP contribution in [-0.2, 0) is 0 Å². The highest BCUT2D eigenvalue weighted by atomic mass is 16.3. The summed E-state index contributed by atoms with van der Waals surface area (Å²) in [7, 11) is 0. The zero-order chi connectivity index (χ0) is 6.27. The Morgan fingerprint density at radius 2 is 1.67 bits per heavy atom. The molecule has 0 aromatic carbocycles. The fourth-order valence-corrected chi connectivity index (χ4v) is 2.13. The minimum absolute atomic E-state index is 0.0158. The minimum Gasteiger partial charge on any atom is -0.393 e. The Bertz CT molecular complexity index is 103. The Labute approximate surface area is 55.3 Å². The summed E-state index contributed by atoms with van der Waals surface area (Å²) < 4.78 is 0. The van der Waals surface area contributed by atoms with Crippen LogP contribution in [0.1, 0.15) is 12.8 Å². The van der Waals surface area contributed by atoms with E-state index >= 15 is 0 Å². The van der Waals surface area contributed by atoms with Crippen LogP contribution in [0.2, 0.25) is 0 Å². The third kappa shape index (κ3) is 0.864. The normalized spacial score (nSPS) is 49.7. The minimum atomic E-state index is 0.0158. The molecular weight excluding hydrogens is 114 g/mol. The maximum atomic E-state index is 9.21. The zero-order valence-electron chi connectivity index (χ0n) is 5.51. The quantitative estimate of drug-likeness (QED) is 0.479. The molecule has 52 valence electrons. The van der Waals surface area contributed by atoms with E-state index in [0.29, 0.717) is 0 Å². The van der Waals surface area contributed by atoms with Crippen molar-refractivity contribution in [3.05, 3.63) is 0 Å². The Morgan fingerprint density at radius 1 is 1.11 bits per heavy atom. The number of hydrogen-bond donors (Lipinski definition) is 2. The first-order valence-corrected chi connectivity index (χ1v) is 3.75. The molecule has 2 heteroatoms. The van der Waals surface area contributed by atoms with Crippen molar-refractivity contribution in [1.82, 2.24) is 5.32 Å². The third-order valence-corrected chi connectivity index (χ3v) is 2.63. The van der Waals surface area contributed by atoms with Crippen molar-refractivity contribution < 1.29 is 5.11 Å². The van der Waals surface area contributed by atoms with E-state index in [4.69, 9.17) is 0 Å². The van der Waals surface area contributed by atoms with Crippen LogP contribution in [0.25, 0.3) is 0 Å². The van der Waals surface area contributed by atoms with Gasteiger partial charge in [0.15, 0.2) is 0 Å². The smallest absolute Gasteiger partial charge is 0.0546 e. The van der Waals surface area contributed by atoms with Gasteiger partial charge in [-0.05, 0) is 37.8 Å². The molecule has 1 aliphatic heterocycles. The topological polar surface area (TPSA) is 32.3 Å². The number of aliphatic hydroxyl groups excluding tert-OH is 1. The second-order valence-electron chi connectivity index (χ2n) is 3.30. The van der Waals surface area contributed by atoms with Crippen LogP contribution in [-0.4, -0.2) is 24.3 Å². The van der Waals surface area contributed by atoms with Gasteiger partial charge < -0.3 is 10.4 Å². The van der Waals surface area contributed by atoms with Crippen LogP contribution in [0.5, 0.6) is 0 Å². The van der Waals surface area contributed by atoms with Crippen LogP contribution in [0.15, 0.2) is 0 Å². The van der Waals surface area contributed by atoms with Crippen molar-refractivity contribution in [2.45, 2.75) is 18.9 Å². The molecule has 1 heterocycles. The molecule has 0 aromatic heterocycles. The predicted octanol–water partition coefficient (Wildman–Crippen LogP) is -0.0233. The number of aliphatic hydroxyl groups is 1. The van der Waals surface area contributed by atoms with Crippen molar-refractivity contribution in [2.75, 3.05) is 13.1 Å². The molecule has 0 aromatic rings. The maximum absolute atomic E-state index is 9.21. The van der Waals surface area contributed by atoms with Gasteiger partial charge in [0, 0.05) is 0 Å². The average Bonchev–Trinajstić information content (AvgIpc) is 2.22. The van der Waals surface area contributed by atoms with Gasteiger partial charge >= 0.3 is 0 Å². The molecule has 0 bridgehead atoms. The van der Waals surface area contributed by atoms with Crippen molar-refractivity contribution >= 4 is 0 Å². The summed E-state index contributed by atoms with van der Waals surface area (Å²) in [5.41, 5.74) is 0. The van der Waals surface area contributed by atoms with Crippen molar-refractivity contribution in [3.63, 3.8) is 0 Å². The lowest BCUT2D eigenvalue weighted by Gasteiger charge is -2.02. The summed E-state index contributed by atoms with van der Waals surface area (Å²) in [5, 5.41) is 12.5. The summed E-state index contributed by atoms with van der Waals surface area (Å²) in [6.07, 6.45) is 2.09. The second kappa shape index (κ2) is 1.96. The van der Waals surface area contributed by atoms with Gasteiger partial charge in [-0.3, -0.25) is 0 Å². The molecule has 0 amide bonds. The van der Waals surface area contributed by atoms with Gasteiger partial charge in [-0.2, -0.15) is 0 Å². The number of nitrogens with one attached hydrogen (secondary N) is 1. The highest BCUT2D eigenvalue weighted by molar-refractivity contribution is 4.90. The number of fused-ring (bicyclic) bond motifs is 1. The largest absolute Gasteiger partial charge is 0.393 e. The summed E-state index contributed by atoms with van der Waals surface area (Å²) in [6.45, 7) is 2.28. The fraction of sp³-hybridized carbons (Fsp3) is 1.00. The average molecular weight is 127 g/mol. The molecule has 2 fully saturated rings. The van der Waals surface area contributed by atoms with Gasteiger partial charge in [-0.15, -0.1) is 0 Å². The van der Waals surface area contributed by atoms with Gasteiger partial charge in [0.25, 0.3) is 0 Å². The van der Waals surface area contributed by atoms with Crippen LogP contribution >= 0.6 is 0 Å². The lowest BCUT2D eigenvalue weighted by atomic mass is 10.0. The molecule has 2 N–H and O–H groups in total. The van der Waals surface area contributed by atoms with Gasteiger partial charge in [0.1, 0.15) is 0 Å². The molecule has 2 rings (SSSR count). The first-order valence-electron chi connectivity index (χ1n) is 3.75. The number of hydrogen-bond acceptors (Lipinski definition) is 2. The highest BCUT2D eigenvalue weighted by Gasteiger charge is 2.35. The van der Waals surface area contributed by atoms with E-state index in [1.807, 2.05) is 0 Å². The first-order chi connectivity index (χ1) is 4.36. The molecule has 2 nitrogen and oxygen atoms in total. The predicted molar refractivity (Wildman–Crippen MR) is 35.1 cm³/mol. The molecule has 1 saturated carbocycles. The Kier molecular flexibility index (Phi) is 1.24. The van der Waals surface area contributed by atoms with E-state index in [1.165, 1.54) is 0 Å². The monoisotopic (exact) mass is 127 g/mol. The lowest BCUT2D eigenvalue weighted by Crippen LogP contribution is -2.13. The van der Waals surface area contributed by atoms with Crippen molar-refractivity contribution in [3.8, 4) is 0 Å². The summed E-state index contributed by atoms with van der Waals surface area (Å²) in [4.78, 5) is 0. The van der Waals surface area contributed by atoms with Crippen molar-refractivity contribution in [2.24, 2.45) is 11.8 Å². The van der Waals surface area contributed by atoms with Crippen LogP contribution < -0.4 is 5.32 Å². The van der Waals surface area contributed by atoms with Crippen LogP contribution in [0.4, 0.5) is 0 Å². The molecular formula is C7H13NO. The molecule has 2 aliphatic rings. The third-order valence-electron chi connectivity index (χ3n) is 2.63. The standard InChI is InChI=1S/C7H13NO/c9-7-1-5-3-8-4-6(5)2-7/h5-9H,1-4H2/t5-,6?,7?/m1/s1. The molecule has 0 spiro atoms. The molecule has 1 aliphatic carbocycles. The van der Waals surface area contributed by atoms with E-state index in [2.05, 4.69) is 5.32 Å². The Morgan fingerprint density at radius 3 is 2.22 bits per heavy atom. The van der Waals surface area contributed by atoms with Gasteiger partial charge in [0.05, 0.1) is 6.10 Å². The van der Waals surface area contributed by atoms with E-state index in [1.54, 1.807) is 0 Å². The van der Waals surface area contributed by atoms with Gasteiger partial charge in [-0.25, -0.2) is 0 Å². The SMILES string of the molecule is OC1CC2CNC[C@H]2C1. The van der Waals surface area contributed by atoms with Crippen LogP contribution in [0, 0.1) is 11.8 Å². The molecule has 9 heavy (non-hydrogen) atoms. The molecule has 1 saturated heterocycles. The molecule has 0 radical (unpaired) electrons. The Hall–Kier alpha value is -0.0800. The van der Waals surface area contributed by atoms with E-state index < -0.39 is 0 Å². The fourth-order valence-electron chi connectivity index (χ4n) is 2.13. The van der Waals surface area contributed by atoms with Crippen molar-refractivity contribution in [1.29, 1.82) is 0 Å². The van der Waals surface area contributed by atoms with Gasteiger partial charge in [0.2, 0.25) is 0 Å². The van der Waals surface area contributed by atoms with E-state index in [0.717, 1.165) is 37.8 Å². The second-order valence-corrected chi connectivity index (χ2v) is 3.30. The van der Waals surface area contributed by atoms with E-state index in [-0.39, 0.29) is 6.10 Å². The molecule has 2 unspecified atom stereocenters.